The van der Waals surface area contributed by atoms with Crippen molar-refractivity contribution >= 4 is 23.9 Å². The van der Waals surface area contributed by atoms with Crippen LogP contribution in [0.3, 0.4) is 0 Å². The zero-order chi connectivity index (χ0) is 28.6. The number of methoxy groups -OCH3 is 1. The Morgan fingerprint density at radius 2 is 1.98 bits per heavy atom. The van der Waals surface area contributed by atoms with Crippen molar-refractivity contribution in [2.24, 2.45) is 0 Å². The molecule has 1 aromatic heterocycles. The van der Waals surface area contributed by atoms with Gasteiger partial charge in [0.25, 0.3) is 0 Å². The number of benzene rings is 2. The van der Waals surface area contributed by atoms with Gasteiger partial charge in [-0.2, -0.15) is 0 Å². The van der Waals surface area contributed by atoms with Crippen LogP contribution in [0, 0.1) is 0 Å². The van der Waals surface area contributed by atoms with E-state index in [4.69, 9.17) is 4.74 Å². The SMILES string of the molecule is C=CCC(Cc1cc(N2CCC(N3CCc4cc(OC)ccc4NC3=O)CC2)ncn1)c1ccccc1CNC=O. The second kappa shape index (κ2) is 13.3. The number of rotatable bonds is 11. The highest BCUT2D eigenvalue weighted by atomic mass is 16.5. The second-order valence-corrected chi connectivity index (χ2v) is 10.6. The normalized spacial score (nSPS) is 16.3. The summed E-state index contributed by atoms with van der Waals surface area (Å²) in [5.74, 6) is 1.91. The van der Waals surface area contributed by atoms with E-state index in [1.807, 2.05) is 41.3 Å². The zero-order valence-electron chi connectivity index (χ0n) is 23.6. The Kier molecular flexibility index (Phi) is 9.13. The van der Waals surface area contributed by atoms with Crippen molar-refractivity contribution in [2.75, 3.05) is 37.0 Å². The van der Waals surface area contributed by atoms with E-state index in [9.17, 15) is 9.59 Å². The molecule has 3 aromatic rings. The van der Waals surface area contributed by atoms with E-state index in [1.54, 1.807) is 13.4 Å². The predicted octanol–water partition coefficient (Wildman–Crippen LogP) is 4.69. The fourth-order valence-electron chi connectivity index (χ4n) is 6.00. The predicted molar refractivity (Wildman–Crippen MR) is 160 cm³/mol. The van der Waals surface area contributed by atoms with Crippen molar-refractivity contribution in [1.29, 1.82) is 0 Å². The third kappa shape index (κ3) is 6.67. The average Bonchev–Trinajstić information content (AvgIpc) is 3.17. The molecule has 2 aliphatic heterocycles. The van der Waals surface area contributed by atoms with E-state index in [0.29, 0.717) is 13.1 Å². The minimum absolute atomic E-state index is 0.0337. The number of piperidine rings is 1. The highest BCUT2D eigenvalue weighted by Gasteiger charge is 2.30. The molecule has 214 valence electrons. The molecule has 0 spiro atoms. The van der Waals surface area contributed by atoms with Crippen LogP contribution in [0.2, 0.25) is 0 Å². The Labute approximate surface area is 241 Å². The molecule has 2 N–H and O–H groups in total. The zero-order valence-corrected chi connectivity index (χ0v) is 23.6. The van der Waals surface area contributed by atoms with Crippen molar-refractivity contribution in [1.82, 2.24) is 20.2 Å². The molecular formula is C32H38N6O3. The van der Waals surface area contributed by atoms with Crippen LogP contribution in [0.15, 0.2) is 67.5 Å². The molecule has 5 rings (SSSR count). The van der Waals surface area contributed by atoms with Crippen LogP contribution in [0.1, 0.15) is 47.6 Å². The summed E-state index contributed by atoms with van der Waals surface area (Å²) in [6, 6.07) is 16.2. The number of hydrogen-bond donors (Lipinski definition) is 2. The van der Waals surface area contributed by atoms with Gasteiger partial charge in [-0.05, 0) is 72.9 Å². The van der Waals surface area contributed by atoms with Gasteiger partial charge in [0.2, 0.25) is 6.41 Å². The molecule has 41 heavy (non-hydrogen) atoms. The maximum atomic E-state index is 13.1. The lowest BCUT2D eigenvalue weighted by Gasteiger charge is -2.38. The molecule has 1 fully saturated rings. The Morgan fingerprint density at radius 1 is 1.15 bits per heavy atom. The molecule has 0 saturated carbocycles. The number of carbonyl (C=O) groups is 2. The van der Waals surface area contributed by atoms with Crippen molar-refractivity contribution in [3.63, 3.8) is 0 Å². The number of anilines is 2. The number of carbonyl (C=O) groups excluding carboxylic acids is 2. The van der Waals surface area contributed by atoms with Gasteiger partial charge < -0.3 is 25.2 Å². The minimum Gasteiger partial charge on any atom is -0.497 e. The van der Waals surface area contributed by atoms with Gasteiger partial charge in [0.05, 0.1) is 7.11 Å². The number of amides is 3. The number of nitrogens with one attached hydrogen (secondary N) is 2. The van der Waals surface area contributed by atoms with E-state index in [-0.39, 0.29) is 18.0 Å². The molecule has 9 nitrogen and oxygen atoms in total. The highest BCUT2D eigenvalue weighted by Crippen LogP contribution is 2.30. The molecular weight excluding hydrogens is 516 g/mol. The lowest BCUT2D eigenvalue weighted by atomic mass is 9.87. The number of ether oxygens (including phenoxy) is 1. The molecule has 1 unspecified atom stereocenters. The number of hydrogen-bond acceptors (Lipinski definition) is 6. The number of aromatic nitrogens is 2. The Hall–Kier alpha value is -4.40. The summed E-state index contributed by atoms with van der Waals surface area (Å²) >= 11 is 0. The first-order chi connectivity index (χ1) is 20.1. The molecule has 1 atom stereocenters. The van der Waals surface area contributed by atoms with Crippen molar-refractivity contribution < 1.29 is 14.3 Å². The maximum Gasteiger partial charge on any atom is 0.322 e. The van der Waals surface area contributed by atoms with Gasteiger partial charge in [-0.15, -0.1) is 6.58 Å². The minimum atomic E-state index is -0.0337. The van der Waals surface area contributed by atoms with Crippen LogP contribution < -0.4 is 20.3 Å². The van der Waals surface area contributed by atoms with E-state index >= 15 is 0 Å². The number of fused-ring (bicyclic) bond motifs is 1. The lowest BCUT2D eigenvalue weighted by molar-refractivity contribution is -0.109. The quantitative estimate of drug-likeness (QED) is 0.264. The van der Waals surface area contributed by atoms with E-state index in [1.165, 1.54) is 5.56 Å². The van der Waals surface area contributed by atoms with E-state index < -0.39 is 0 Å². The molecule has 0 radical (unpaired) electrons. The van der Waals surface area contributed by atoms with Gasteiger partial charge in [-0.1, -0.05) is 30.3 Å². The third-order valence-electron chi connectivity index (χ3n) is 8.15. The summed E-state index contributed by atoms with van der Waals surface area (Å²) in [5.41, 5.74) is 5.23. The van der Waals surface area contributed by atoms with Gasteiger partial charge in [0.1, 0.15) is 17.9 Å². The van der Waals surface area contributed by atoms with Gasteiger partial charge in [-0.25, -0.2) is 14.8 Å². The van der Waals surface area contributed by atoms with Gasteiger partial charge in [0, 0.05) is 49.7 Å². The third-order valence-corrected chi connectivity index (χ3v) is 8.15. The first-order valence-electron chi connectivity index (χ1n) is 14.3. The van der Waals surface area contributed by atoms with Crippen LogP contribution in [0.25, 0.3) is 0 Å². The van der Waals surface area contributed by atoms with Crippen molar-refractivity contribution in [2.45, 2.75) is 50.6 Å². The summed E-state index contributed by atoms with van der Waals surface area (Å²) in [7, 11) is 1.66. The highest BCUT2D eigenvalue weighted by molar-refractivity contribution is 5.91. The molecule has 0 bridgehead atoms. The fraction of sp³-hybridized carbons (Fsp3) is 0.375. The van der Waals surface area contributed by atoms with E-state index in [2.05, 4.69) is 50.3 Å². The molecule has 0 aliphatic carbocycles. The average molecular weight is 555 g/mol. The molecule has 9 heteroatoms. The largest absolute Gasteiger partial charge is 0.497 e. The topological polar surface area (TPSA) is 99.7 Å². The van der Waals surface area contributed by atoms with Crippen LogP contribution >= 0.6 is 0 Å². The van der Waals surface area contributed by atoms with Gasteiger partial charge in [-0.3, -0.25) is 4.79 Å². The maximum absolute atomic E-state index is 13.1. The monoisotopic (exact) mass is 554 g/mol. The first-order valence-corrected chi connectivity index (χ1v) is 14.3. The van der Waals surface area contributed by atoms with Crippen LogP contribution in [0.4, 0.5) is 16.3 Å². The molecule has 3 amide bonds. The van der Waals surface area contributed by atoms with Crippen molar-refractivity contribution in [3.05, 3.63) is 89.9 Å². The Bertz CT molecular complexity index is 1370. The summed E-state index contributed by atoms with van der Waals surface area (Å²) in [5, 5.41) is 5.89. The number of allylic oxidation sites excluding steroid dienone is 1. The van der Waals surface area contributed by atoms with Crippen LogP contribution in [-0.2, 0) is 24.2 Å². The standard InChI is InChI=1S/C32H38N6O3/c1-3-6-23(29-8-5-4-7-25(29)20-33-22-39)17-26-19-31(35-21-34-26)37-14-12-27(13-15-37)38-16-11-24-18-28(41-2)9-10-30(24)36-32(38)40/h3-5,7-10,18-19,21-23,27H,1,6,11-17,20H2,2H3,(H,33,39)(H,36,40). The van der Waals surface area contributed by atoms with Gasteiger partial charge >= 0.3 is 6.03 Å². The summed E-state index contributed by atoms with van der Waals surface area (Å²) in [6.45, 7) is 6.79. The van der Waals surface area contributed by atoms with Crippen LogP contribution in [-0.4, -0.2) is 60.1 Å². The summed E-state index contributed by atoms with van der Waals surface area (Å²) < 4.78 is 5.37. The number of urea groups is 1. The van der Waals surface area contributed by atoms with E-state index in [0.717, 1.165) is 85.7 Å². The summed E-state index contributed by atoms with van der Waals surface area (Å²) in [6.07, 6.45) is 8.42. The Morgan fingerprint density at radius 3 is 2.76 bits per heavy atom. The van der Waals surface area contributed by atoms with Crippen molar-refractivity contribution in [3.8, 4) is 5.75 Å². The smallest absolute Gasteiger partial charge is 0.322 e. The molecule has 1 saturated heterocycles. The molecule has 2 aliphatic rings. The Balaban J connectivity index is 1.23. The molecule has 2 aromatic carbocycles. The number of nitrogens with zero attached hydrogens (tertiary/aromatic N) is 4. The molecule has 3 heterocycles. The fourth-order valence-corrected chi connectivity index (χ4v) is 6.00. The van der Waals surface area contributed by atoms with Gasteiger partial charge in [0.15, 0.2) is 0 Å². The summed E-state index contributed by atoms with van der Waals surface area (Å²) in [4.78, 5) is 37.5. The second-order valence-electron chi connectivity index (χ2n) is 10.6. The van der Waals surface area contributed by atoms with Crippen LogP contribution in [0.5, 0.6) is 5.75 Å². The first kappa shape index (κ1) is 28.1. The lowest BCUT2D eigenvalue weighted by Crippen LogP contribution is -2.49.